The number of likely N-dealkylation sites (tertiary alicyclic amines) is 1. The van der Waals surface area contributed by atoms with Crippen molar-refractivity contribution in [1.29, 1.82) is 0 Å². The molecule has 1 atom stereocenters. The zero-order valence-electron chi connectivity index (χ0n) is 17.4. The molecule has 2 amide bonds. The van der Waals surface area contributed by atoms with Crippen LogP contribution in [0, 0.1) is 5.92 Å². The van der Waals surface area contributed by atoms with Crippen LogP contribution in [0.15, 0.2) is 60.7 Å². The third kappa shape index (κ3) is 4.35. The van der Waals surface area contributed by atoms with Crippen LogP contribution < -0.4 is 5.73 Å². The Morgan fingerprint density at radius 1 is 0.966 bits per heavy atom. The minimum atomic E-state index is -0.900. The lowest BCUT2D eigenvalue weighted by atomic mass is 9.63. The fraction of sp³-hybridized carbons (Fsp3) is 0.417. The number of carbonyl (C=O) groups is 2. The van der Waals surface area contributed by atoms with Gasteiger partial charge in [0.15, 0.2) is 0 Å². The molecule has 2 N–H and O–H groups in total. The van der Waals surface area contributed by atoms with Gasteiger partial charge in [0.1, 0.15) is 5.41 Å². The first-order valence-electron chi connectivity index (χ1n) is 10.3. The van der Waals surface area contributed by atoms with Crippen LogP contribution in [-0.4, -0.2) is 55.3 Å². The van der Waals surface area contributed by atoms with Crippen molar-refractivity contribution in [3.05, 3.63) is 71.8 Å². The third-order valence-electron chi connectivity index (χ3n) is 5.99. The summed E-state index contributed by atoms with van der Waals surface area (Å²) in [6, 6.07) is 19.7. The molecule has 0 radical (unpaired) electrons. The van der Waals surface area contributed by atoms with Gasteiger partial charge in [0.2, 0.25) is 11.8 Å². The average molecular weight is 394 g/mol. The molecular weight excluding hydrogens is 362 g/mol. The van der Waals surface area contributed by atoms with Gasteiger partial charge in [-0.05, 0) is 50.4 Å². The Morgan fingerprint density at radius 3 is 2.00 bits per heavy atom. The number of hydrogen-bond acceptors (Lipinski definition) is 3. The second-order valence-corrected chi connectivity index (χ2v) is 8.15. The summed E-state index contributed by atoms with van der Waals surface area (Å²) >= 11 is 0. The number of carbonyl (C=O) groups excluding carboxylic acids is 2. The van der Waals surface area contributed by atoms with Crippen molar-refractivity contribution in [2.75, 3.05) is 33.7 Å². The molecule has 2 aromatic rings. The number of nitrogens with zero attached hydrogens (tertiary/aromatic N) is 2. The maximum absolute atomic E-state index is 13.1. The standard InChI is InChI=1S/C24H31N3O2/c1-26(2)18-22(28)27-16-9-14-21(15-17-27)24(23(25)29,19-10-5-3-6-11-19)20-12-7-4-8-13-20/h3-8,10-13,21H,9,14-18H2,1-2H3,(H2,25,29). The highest BCUT2D eigenvalue weighted by molar-refractivity contribution is 5.91. The van der Waals surface area contributed by atoms with Gasteiger partial charge >= 0.3 is 0 Å². The molecule has 1 unspecified atom stereocenters. The second-order valence-electron chi connectivity index (χ2n) is 8.15. The maximum atomic E-state index is 13.1. The number of hydrogen-bond donors (Lipinski definition) is 1. The minimum absolute atomic E-state index is 0.0296. The van der Waals surface area contributed by atoms with E-state index in [1.54, 1.807) is 0 Å². The van der Waals surface area contributed by atoms with Gasteiger partial charge in [-0.1, -0.05) is 60.7 Å². The maximum Gasteiger partial charge on any atom is 0.236 e. The number of likely N-dealkylation sites (N-methyl/N-ethyl adjacent to an activating group) is 1. The van der Waals surface area contributed by atoms with E-state index in [0.717, 1.165) is 36.9 Å². The molecule has 5 nitrogen and oxygen atoms in total. The molecule has 1 aliphatic heterocycles. The lowest BCUT2D eigenvalue weighted by Gasteiger charge is -2.39. The van der Waals surface area contributed by atoms with Crippen LogP contribution >= 0.6 is 0 Å². The second kappa shape index (κ2) is 9.23. The van der Waals surface area contributed by atoms with Crippen LogP contribution in [0.3, 0.4) is 0 Å². The number of benzene rings is 2. The van der Waals surface area contributed by atoms with Crippen molar-refractivity contribution >= 4 is 11.8 Å². The largest absolute Gasteiger partial charge is 0.369 e. The fourth-order valence-electron chi connectivity index (χ4n) is 4.68. The highest BCUT2D eigenvalue weighted by atomic mass is 16.2. The molecule has 154 valence electrons. The molecule has 0 spiro atoms. The van der Waals surface area contributed by atoms with E-state index in [1.165, 1.54) is 0 Å². The first-order chi connectivity index (χ1) is 14.0. The van der Waals surface area contributed by atoms with E-state index in [1.807, 2.05) is 84.6 Å². The number of amides is 2. The molecule has 0 aliphatic carbocycles. The van der Waals surface area contributed by atoms with Crippen molar-refractivity contribution < 1.29 is 9.59 Å². The van der Waals surface area contributed by atoms with Crippen LogP contribution in [0.5, 0.6) is 0 Å². The highest BCUT2D eigenvalue weighted by Crippen LogP contribution is 2.44. The molecule has 29 heavy (non-hydrogen) atoms. The molecule has 1 aliphatic rings. The van der Waals surface area contributed by atoms with Gasteiger partial charge in [-0.25, -0.2) is 0 Å². The van der Waals surface area contributed by atoms with Crippen LogP contribution in [-0.2, 0) is 15.0 Å². The van der Waals surface area contributed by atoms with Gasteiger partial charge in [-0.15, -0.1) is 0 Å². The predicted molar refractivity (Wildman–Crippen MR) is 115 cm³/mol. The minimum Gasteiger partial charge on any atom is -0.369 e. The lowest BCUT2D eigenvalue weighted by molar-refractivity contribution is -0.131. The Bertz CT molecular complexity index is 781. The first kappa shape index (κ1) is 21.1. The normalized spacial score (nSPS) is 17.8. The van der Waals surface area contributed by atoms with Crippen LogP contribution in [0.1, 0.15) is 30.4 Å². The number of nitrogens with two attached hydrogens (primary N) is 1. The van der Waals surface area contributed by atoms with Crippen LogP contribution in [0.4, 0.5) is 0 Å². The molecule has 3 rings (SSSR count). The van der Waals surface area contributed by atoms with E-state index < -0.39 is 5.41 Å². The van der Waals surface area contributed by atoms with E-state index in [9.17, 15) is 9.59 Å². The molecule has 1 fully saturated rings. The van der Waals surface area contributed by atoms with Gasteiger partial charge < -0.3 is 15.5 Å². The summed E-state index contributed by atoms with van der Waals surface area (Å²) in [6.07, 6.45) is 2.45. The first-order valence-corrected chi connectivity index (χ1v) is 10.3. The van der Waals surface area contributed by atoms with Crippen molar-refractivity contribution in [2.45, 2.75) is 24.7 Å². The quantitative estimate of drug-likeness (QED) is 0.820. The summed E-state index contributed by atoms with van der Waals surface area (Å²) in [7, 11) is 3.81. The number of rotatable bonds is 6. The molecule has 1 saturated heterocycles. The number of primary amides is 1. The zero-order valence-corrected chi connectivity index (χ0v) is 17.4. The Kier molecular flexibility index (Phi) is 6.70. The summed E-state index contributed by atoms with van der Waals surface area (Å²) in [5.41, 5.74) is 7.11. The summed E-state index contributed by atoms with van der Waals surface area (Å²) < 4.78 is 0. The molecule has 5 heteroatoms. The Morgan fingerprint density at radius 2 is 1.52 bits per heavy atom. The van der Waals surface area contributed by atoms with Gasteiger partial charge in [0, 0.05) is 13.1 Å². The summed E-state index contributed by atoms with van der Waals surface area (Å²) in [5.74, 6) is -0.158. The molecule has 0 saturated carbocycles. The lowest BCUT2D eigenvalue weighted by Crippen LogP contribution is -2.48. The fourth-order valence-corrected chi connectivity index (χ4v) is 4.68. The Hall–Kier alpha value is -2.66. The highest BCUT2D eigenvalue weighted by Gasteiger charge is 2.47. The average Bonchev–Trinajstić information content (AvgIpc) is 2.96. The Balaban J connectivity index is 1.99. The van der Waals surface area contributed by atoms with Crippen molar-refractivity contribution in [3.8, 4) is 0 Å². The Labute approximate surface area is 173 Å². The molecular formula is C24H31N3O2. The summed E-state index contributed by atoms with van der Waals surface area (Å²) in [4.78, 5) is 29.5. The van der Waals surface area contributed by atoms with Gasteiger partial charge in [0.25, 0.3) is 0 Å². The van der Waals surface area contributed by atoms with E-state index >= 15 is 0 Å². The van der Waals surface area contributed by atoms with Gasteiger partial charge in [0.05, 0.1) is 6.54 Å². The van der Waals surface area contributed by atoms with Crippen molar-refractivity contribution in [2.24, 2.45) is 11.7 Å². The van der Waals surface area contributed by atoms with E-state index in [2.05, 4.69) is 0 Å². The predicted octanol–water partition coefficient (Wildman–Crippen LogP) is 2.65. The summed E-state index contributed by atoms with van der Waals surface area (Å²) in [6.45, 7) is 1.77. The molecule has 0 aromatic heterocycles. The van der Waals surface area contributed by atoms with Crippen LogP contribution in [0.2, 0.25) is 0 Å². The summed E-state index contributed by atoms with van der Waals surface area (Å²) in [5, 5.41) is 0. The molecule has 1 heterocycles. The van der Waals surface area contributed by atoms with E-state index in [4.69, 9.17) is 5.73 Å². The molecule has 2 aromatic carbocycles. The van der Waals surface area contributed by atoms with Crippen LogP contribution in [0.25, 0.3) is 0 Å². The third-order valence-corrected chi connectivity index (χ3v) is 5.99. The van der Waals surface area contributed by atoms with Gasteiger partial charge in [-0.2, -0.15) is 0 Å². The van der Waals surface area contributed by atoms with E-state index in [0.29, 0.717) is 13.1 Å². The SMILES string of the molecule is CN(C)CC(=O)N1CCCC(C(C(N)=O)(c2ccccc2)c2ccccc2)CC1. The monoisotopic (exact) mass is 393 g/mol. The molecule has 0 bridgehead atoms. The van der Waals surface area contributed by atoms with Gasteiger partial charge in [-0.3, -0.25) is 9.59 Å². The van der Waals surface area contributed by atoms with Crippen molar-refractivity contribution in [3.63, 3.8) is 0 Å². The topological polar surface area (TPSA) is 66.6 Å². The zero-order chi connectivity index (χ0) is 20.9. The smallest absolute Gasteiger partial charge is 0.236 e. The van der Waals surface area contributed by atoms with Crippen molar-refractivity contribution in [1.82, 2.24) is 9.80 Å². The van der Waals surface area contributed by atoms with E-state index in [-0.39, 0.29) is 17.7 Å².